The van der Waals surface area contributed by atoms with Crippen LogP contribution in [-0.2, 0) is 0 Å². The fourth-order valence-corrected chi connectivity index (χ4v) is 1.62. The lowest BCUT2D eigenvalue weighted by atomic mass is 10.1. The van der Waals surface area contributed by atoms with Crippen LogP contribution in [0.5, 0.6) is 5.75 Å². The molecular weight excluding hydrogens is 200 g/mol. The molecule has 1 atom stereocenters. The fraction of sp³-hybridized carbons (Fsp3) is 0.385. The predicted molar refractivity (Wildman–Crippen MR) is 67.4 cm³/mol. The Morgan fingerprint density at radius 3 is 2.50 bits per heavy atom. The molecule has 1 aromatic rings. The predicted octanol–water partition coefficient (Wildman–Crippen LogP) is 2.16. The maximum Gasteiger partial charge on any atom is 0.118 e. The van der Waals surface area contributed by atoms with Crippen molar-refractivity contribution < 1.29 is 4.74 Å². The van der Waals surface area contributed by atoms with Gasteiger partial charge in [-0.25, -0.2) is 0 Å². The summed E-state index contributed by atoms with van der Waals surface area (Å²) in [5.74, 6) is 0.850. The Morgan fingerprint density at radius 2 is 2.06 bits per heavy atom. The molecule has 0 fully saturated rings. The van der Waals surface area contributed by atoms with Crippen molar-refractivity contribution >= 4 is 0 Å². The van der Waals surface area contributed by atoms with Gasteiger partial charge in [0.05, 0.1) is 13.3 Å². The summed E-state index contributed by atoms with van der Waals surface area (Å²) in [5, 5.41) is 0. The summed E-state index contributed by atoms with van der Waals surface area (Å²) < 4.78 is 5.11. The summed E-state index contributed by atoms with van der Waals surface area (Å²) in [4.78, 5) is 2.15. The van der Waals surface area contributed by atoms with Crippen molar-refractivity contribution in [2.45, 2.75) is 13.1 Å². The number of benzene rings is 1. The quantitative estimate of drug-likeness (QED) is 0.590. The van der Waals surface area contributed by atoms with E-state index in [9.17, 15) is 0 Å². The van der Waals surface area contributed by atoms with Gasteiger partial charge in [-0.3, -0.25) is 4.90 Å². The van der Waals surface area contributed by atoms with Crippen LogP contribution in [0.4, 0.5) is 0 Å². The number of nitrogens with zero attached hydrogens (tertiary/aromatic N) is 1. The smallest absolute Gasteiger partial charge is 0.118 e. The van der Waals surface area contributed by atoms with Crippen molar-refractivity contribution in [2.75, 3.05) is 20.2 Å². The summed E-state index contributed by atoms with van der Waals surface area (Å²) >= 11 is 0. The molecule has 16 heavy (non-hydrogen) atoms. The molecular formula is C13H20N2O. The van der Waals surface area contributed by atoms with Crippen molar-refractivity contribution in [2.24, 2.45) is 5.73 Å². The van der Waals surface area contributed by atoms with Crippen LogP contribution in [-0.4, -0.2) is 25.1 Å². The highest BCUT2D eigenvalue weighted by atomic mass is 16.5. The van der Waals surface area contributed by atoms with Crippen LogP contribution in [0.2, 0.25) is 0 Å². The average molecular weight is 220 g/mol. The molecule has 0 saturated heterocycles. The molecule has 0 saturated carbocycles. The zero-order valence-electron chi connectivity index (χ0n) is 10.0. The van der Waals surface area contributed by atoms with Gasteiger partial charge in [-0.1, -0.05) is 25.1 Å². The Kier molecular flexibility index (Phi) is 5.02. The van der Waals surface area contributed by atoms with Gasteiger partial charge in [0.15, 0.2) is 0 Å². The normalized spacial score (nSPS) is 12.5. The van der Waals surface area contributed by atoms with E-state index < -0.39 is 0 Å². The van der Waals surface area contributed by atoms with Crippen LogP contribution < -0.4 is 10.5 Å². The Balaban J connectivity index is 2.77. The minimum absolute atomic E-state index is 0.0890. The minimum Gasteiger partial charge on any atom is -0.497 e. The van der Waals surface area contributed by atoms with Gasteiger partial charge in [0.2, 0.25) is 0 Å². The van der Waals surface area contributed by atoms with E-state index in [0.717, 1.165) is 24.4 Å². The molecule has 1 rings (SSSR count). The van der Waals surface area contributed by atoms with Gasteiger partial charge >= 0.3 is 0 Å². The van der Waals surface area contributed by atoms with Gasteiger partial charge in [-0.15, -0.1) is 6.58 Å². The van der Waals surface area contributed by atoms with Gasteiger partial charge in [0.1, 0.15) is 5.75 Å². The summed E-state index contributed by atoms with van der Waals surface area (Å²) in [7, 11) is 1.66. The van der Waals surface area contributed by atoms with E-state index in [-0.39, 0.29) is 6.17 Å². The van der Waals surface area contributed by atoms with E-state index >= 15 is 0 Å². The molecule has 3 nitrogen and oxygen atoms in total. The highest BCUT2D eigenvalue weighted by Crippen LogP contribution is 2.18. The summed E-state index contributed by atoms with van der Waals surface area (Å²) in [5.41, 5.74) is 7.25. The van der Waals surface area contributed by atoms with E-state index in [2.05, 4.69) is 18.4 Å². The molecule has 0 aliphatic carbocycles. The number of hydrogen-bond donors (Lipinski definition) is 1. The minimum atomic E-state index is -0.0890. The number of nitrogens with two attached hydrogens (primary N) is 1. The Labute approximate surface area is 97.5 Å². The maximum atomic E-state index is 6.16. The lowest BCUT2D eigenvalue weighted by Crippen LogP contribution is -2.34. The maximum absolute atomic E-state index is 6.16. The van der Waals surface area contributed by atoms with Gasteiger partial charge in [0, 0.05) is 6.54 Å². The number of hydrogen-bond acceptors (Lipinski definition) is 3. The first-order chi connectivity index (χ1) is 7.72. The standard InChI is InChI=1S/C13H20N2O/c1-4-10-15(5-2)13(14)11-6-8-12(16-3)9-7-11/h4,6-9,13H,1,5,10,14H2,2-3H3. The lowest BCUT2D eigenvalue weighted by molar-refractivity contribution is 0.236. The van der Waals surface area contributed by atoms with Crippen LogP contribution in [0.3, 0.4) is 0 Å². The highest BCUT2D eigenvalue weighted by molar-refractivity contribution is 5.28. The molecule has 0 heterocycles. The van der Waals surface area contributed by atoms with Crippen molar-refractivity contribution in [1.29, 1.82) is 0 Å². The van der Waals surface area contributed by atoms with Crippen LogP contribution in [0.1, 0.15) is 18.7 Å². The third-order valence-corrected chi connectivity index (χ3v) is 2.62. The van der Waals surface area contributed by atoms with Crippen molar-refractivity contribution in [3.8, 4) is 5.75 Å². The molecule has 0 aliphatic rings. The Bertz CT molecular complexity index is 321. The zero-order chi connectivity index (χ0) is 12.0. The molecule has 0 bridgehead atoms. The molecule has 0 radical (unpaired) electrons. The Morgan fingerprint density at radius 1 is 1.44 bits per heavy atom. The lowest BCUT2D eigenvalue weighted by Gasteiger charge is -2.26. The number of methoxy groups -OCH3 is 1. The first-order valence-corrected chi connectivity index (χ1v) is 5.47. The summed E-state index contributed by atoms with van der Waals surface area (Å²) in [6, 6.07) is 7.85. The molecule has 0 amide bonds. The van der Waals surface area contributed by atoms with Crippen molar-refractivity contribution in [3.63, 3.8) is 0 Å². The second-order valence-electron chi connectivity index (χ2n) is 3.59. The summed E-state index contributed by atoms with van der Waals surface area (Å²) in [6.07, 6.45) is 1.78. The topological polar surface area (TPSA) is 38.5 Å². The van der Waals surface area contributed by atoms with E-state index in [4.69, 9.17) is 10.5 Å². The SMILES string of the molecule is C=CCN(CC)C(N)c1ccc(OC)cc1. The van der Waals surface area contributed by atoms with Crippen LogP contribution >= 0.6 is 0 Å². The average Bonchev–Trinajstić information content (AvgIpc) is 2.35. The fourth-order valence-electron chi connectivity index (χ4n) is 1.62. The number of rotatable bonds is 6. The van der Waals surface area contributed by atoms with E-state index in [1.165, 1.54) is 0 Å². The number of ether oxygens (including phenoxy) is 1. The van der Waals surface area contributed by atoms with Gasteiger partial charge in [-0.2, -0.15) is 0 Å². The molecule has 0 aliphatic heterocycles. The van der Waals surface area contributed by atoms with E-state index in [1.807, 2.05) is 30.3 Å². The van der Waals surface area contributed by atoms with E-state index in [0.29, 0.717) is 0 Å². The van der Waals surface area contributed by atoms with E-state index in [1.54, 1.807) is 7.11 Å². The molecule has 0 aromatic heterocycles. The van der Waals surface area contributed by atoms with Crippen LogP contribution in [0.15, 0.2) is 36.9 Å². The van der Waals surface area contributed by atoms with Crippen LogP contribution in [0, 0.1) is 0 Å². The third-order valence-electron chi connectivity index (χ3n) is 2.62. The van der Waals surface area contributed by atoms with Gasteiger partial charge in [-0.05, 0) is 24.2 Å². The number of likely N-dealkylation sites (N-methyl/N-ethyl adjacent to an activating group) is 1. The highest BCUT2D eigenvalue weighted by Gasteiger charge is 2.12. The second-order valence-corrected chi connectivity index (χ2v) is 3.59. The molecule has 88 valence electrons. The van der Waals surface area contributed by atoms with Crippen LogP contribution in [0.25, 0.3) is 0 Å². The van der Waals surface area contributed by atoms with Gasteiger partial charge < -0.3 is 10.5 Å². The second kappa shape index (κ2) is 6.30. The summed E-state index contributed by atoms with van der Waals surface area (Å²) in [6.45, 7) is 7.52. The first-order valence-electron chi connectivity index (χ1n) is 5.47. The Hall–Kier alpha value is -1.32. The largest absolute Gasteiger partial charge is 0.497 e. The molecule has 3 heteroatoms. The zero-order valence-corrected chi connectivity index (χ0v) is 10.0. The molecule has 1 unspecified atom stereocenters. The van der Waals surface area contributed by atoms with Gasteiger partial charge in [0.25, 0.3) is 0 Å². The van der Waals surface area contributed by atoms with Crippen molar-refractivity contribution in [1.82, 2.24) is 4.90 Å². The molecule has 0 spiro atoms. The van der Waals surface area contributed by atoms with Crippen molar-refractivity contribution in [3.05, 3.63) is 42.5 Å². The molecule has 1 aromatic carbocycles. The monoisotopic (exact) mass is 220 g/mol. The first kappa shape index (κ1) is 12.7. The molecule has 2 N–H and O–H groups in total. The third kappa shape index (κ3) is 3.08.